The van der Waals surface area contributed by atoms with Gasteiger partial charge < -0.3 is 14.8 Å². The molecular formula is C13H13N3O2. The first-order valence-electron chi connectivity index (χ1n) is 5.80. The van der Waals surface area contributed by atoms with E-state index in [1.165, 1.54) is 6.33 Å². The van der Waals surface area contributed by atoms with Gasteiger partial charge in [0.05, 0.1) is 6.10 Å². The molecule has 0 spiro atoms. The fourth-order valence-corrected chi connectivity index (χ4v) is 1.89. The lowest BCUT2D eigenvalue weighted by molar-refractivity contribution is 0.208. The minimum absolute atomic E-state index is 0.420. The van der Waals surface area contributed by atoms with E-state index >= 15 is 0 Å². The molecule has 0 amide bonds. The molecule has 0 saturated heterocycles. The van der Waals surface area contributed by atoms with Gasteiger partial charge in [-0.3, -0.25) is 0 Å². The maximum absolute atomic E-state index is 9.29. The topological polar surface area (TPSA) is 71.2 Å². The first-order chi connectivity index (χ1) is 8.75. The smallest absolute Gasteiger partial charge is 0.196 e. The Balaban J connectivity index is 2.15. The van der Waals surface area contributed by atoms with Gasteiger partial charge in [-0.25, -0.2) is 9.97 Å². The molecule has 2 heterocycles. The van der Waals surface area contributed by atoms with Crippen LogP contribution in [0.15, 0.2) is 35.0 Å². The van der Waals surface area contributed by atoms with Gasteiger partial charge in [0.15, 0.2) is 11.4 Å². The Bertz CT molecular complexity index is 691. The highest BCUT2D eigenvalue weighted by Crippen LogP contribution is 2.30. The van der Waals surface area contributed by atoms with Gasteiger partial charge in [-0.15, -0.1) is 0 Å². The van der Waals surface area contributed by atoms with Gasteiger partial charge in [0.1, 0.15) is 17.4 Å². The molecule has 0 fully saturated rings. The van der Waals surface area contributed by atoms with E-state index in [1.807, 2.05) is 24.3 Å². The monoisotopic (exact) mass is 243 g/mol. The van der Waals surface area contributed by atoms with Crippen molar-refractivity contribution in [2.45, 2.75) is 13.0 Å². The molecule has 5 nitrogen and oxygen atoms in total. The second kappa shape index (κ2) is 4.27. The largest absolute Gasteiger partial charge is 0.450 e. The standard InChI is InChI=1S/C13H13N3O2/c1-8(17)6-14-13-12-11(15-7-16-13)9-4-2-3-5-10(9)18-12/h2-5,7-8,17H,6H2,1H3,(H,14,15,16)/t8-/m0/s1. The minimum atomic E-state index is -0.445. The average molecular weight is 243 g/mol. The summed E-state index contributed by atoms with van der Waals surface area (Å²) in [4.78, 5) is 8.40. The van der Waals surface area contributed by atoms with E-state index < -0.39 is 6.10 Å². The van der Waals surface area contributed by atoms with Crippen molar-refractivity contribution in [3.05, 3.63) is 30.6 Å². The van der Waals surface area contributed by atoms with Crippen LogP contribution in [0.1, 0.15) is 6.92 Å². The van der Waals surface area contributed by atoms with Crippen molar-refractivity contribution in [3.8, 4) is 0 Å². The predicted octanol–water partition coefficient (Wildman–Crippen LogP) is 2.17. The first-order valence-corrected chi connectivity index (χ1v) is 5.80. The highest BCUT2D eigenvalue weighted by Gasteiger charge is 2.12. The number of hydrogen-bond donors (Lipinski definition) is 2. The molecule has 0 bridgehead atoms. The van der Waals surface area contributed by atoms with E-state index in [1.54, 1.807) is 6.92 Å². The molecule has 1 aromatic carbocycles. The zero-order valence-electron chi connectivity index (χ0n) is 9.92. The molecule has 0 radical (unpaired) electrons. The van der Waals surface area contributed by atoms with Crippen LogP contribution < -0.4 is 5.32 Å². The molecule has 92 valence electrons. The van der Waals surface area contributed by atoms with Crippen molar-refractivity contribution < 1.29 is 9.52 Å². The number of anilines is 1. The summed E-state index contributed by atoms with van der Waals surface area (Å²) in [6.07, 6.45) is 1.05. The summed E-state index contributed by atoms with van der Waals surface area (Å²) in [6, 6.07) is 7.73. The summed E-state index contributed by atoms with van der Waals surface area (Å²) in [7, 11) is 0. The van der Waals surface area contributed by atoms with Crippen molar-refractivity contribution in [1.29, 1.82) is 0 Å². The normalized spacial score (nSPS) is 13.0. The lowest BCUT2D eigenvalue weighted by Crippen LogP contribution is -2.16. The van der Waals surface area contributed by atoms with E-state index in [9.17, 15) is 5.11 Å². The Morgan fingerprint density at radius 3 is 3.00 bits per heavy atom. The second-order valence-corrected chi connectivity index (χ2v) is 4.23. The van der Waals surface area contributed by atoms with Crippen LogP contribution in [0.5, 0.6) is 0 Å². The average Bonchev–Trinajstić information content (AvgIpc) is 2.75. The number of aromatic nitrogens is 2. The molecule has 5 heteroatoms. The molecule has 0 aliphatic heterocycles. The van der Waals surface area contributed by atoms with Crippen LogP contribution in [0.3, 0.4) is 0 Å². The number of hydrogen-bond acceptors (Lipinski definition) is 5. The predicted molar refractivity (Wildman–Crippen MR) is 69.5 cm³/mol. The number of aliphatic hydroxyl groups excluding tert-OH is 1. The molecule has 3 aromatic rings. The van der Waals surface area contributed by atoms with Crippen LogP contribution in [-0.4, -0.2) is 27.7 Å². The quantitative estimate of drug-likeness (QED) is 0.737. The van der Waals surface area contributed by atoms with Crippen LogP contribution in [0.2, 0.25) is 0 Å². The lowest BCUT2D eigenvalue weighted by atomic mass is 10.2. The molecule has 0 aliphatic rings. The third-order valence-corrected chi connectivity index (χ3v) is 2.72. The van der Waals surface area contributed by atoms with Crippen LogP contribution in [-0.2, 0) is 0 Å². The van der Waals surface area contributed by atoms with Gasteiger partial charge in [0.25, 0.3) is 0 Å². The number of aliphatic hydroxyl groups is 1. The van der Waals surface area contributed by atoms with Crippen LogP contribution in [0.25, 0.3) is 22.1 Å². The van der Waals surface area contributed by atoms with Gasteiger partial charge in [0, 0.05) is 11.9 Å². The Labute approximate surface area is 103 Å². The number of rotatable bonds is 3. The van der Waals surface area contributed by atoms with Crippen molar-refractivity contribution in [2.75, 3.05) is 11.9 Å². The van der Waals surface area contributed by atoms with E-state index in [0.717, 1.165) is 16.5 Å². The summed E-state index contributed by atoms with van der Waals surface area (Å²) in [5.74, 6) is 0.608. The molecule has 1 atom stereocenters. The Morgan fingerprint density at radius 1 is 1.33 bits per heavy atom. The fraction of sp³-hybridized carbons (Fsp3) is 0.231. The van der Waals surface area contributed by atoms with Gasteiger partial charge in [-0.05, 0) is 19.1 Å². The number of nitrogens with one attached hydrogen (secondary N) is 1. The van der Waals surface area contributed by atoms with E-state index in [0.29, 0.717) is 17.9 Å². The van der Waals surface area contributed by atoms with Crippen molar-refractivity contribution >= 4 is 27.9 Å². The van der Waals surface area contributed by atoms with Crippen molar-refractivity contribution in [3.63, 3.8) is 0 Å². The Hall–Kier alpha value is -2.14. The van der Waals surface area contributed by atoms with Gasteiger partial charge in [0.2, 0.25) is 0 Å². The first kappa shape index (κ1) is 11.0. The van der Waals surface area contributed by atoms with Crippen LogP contribution in [0.4, 0.5) is 5.82 Å². The maximum atomic E-state index is 9.29. The molecule has 18 heavy (non-hydrogen) atoms. The van der Waals surface area contributed by atoms with Crippen LogP contribution >= 0.6 is 0 Å². The minimum Gasteiger partial charge on any atom is -0.450 e. The third kappa shape index (κ3) is 1.78. The summed E-state index contributed by atoms with van der Waals surface area (Å²) in [5.41, 5.74) is 2.20. The van der Waals surface area contributed by atoms with Gasteiger partial charge >= 0.3 is 0 Å². The SMILES string of the molecule is C[C@H](O)CNc1ncnc2c1oc1ccccc12. The fourth-order valence-electron chi connectivity index (χ4n) is 1.89. The Morgan fingerprint density at radius 2 is 2.17 bits per heavy atom. The second-order valence-electron chi connectivity index (χ2n) is 4.23. The Kier molecular flexibility index (Phi) is 2.60. The molecule has 0 aliphatic carbocycles. The summed E-state index contributed by atoms with van der Waals surface area (Å²) >= 11 is 0. The number of furan rings is 1. The third-order valence-electron chi connectivity index (χ3n) is 2.72. The van der Waals surface area contributed by atoms with Crippen molar-refractivity contribution in [2.24, 2.45) is 0 Å². The lowest BCUT2D eigenvalue weighted by Gasteiger charge is -2.06. The molecule has 0 unspecified atom stereocenters. The van der Waals surface area contributed by atoms with Gasteiger partial charge in [-0.2, -0.15) is 0 Å². The van der Waals surface area contributed by atoms with Crippen LogP contribution in [0, 0.1) is 0 Å². The highest BCUT2D eigenvalue weighted by molar-refractivity contribution is 6.05. The number of benzene rings is 1. The highest BCUT2D eigenvalue weighted by atomic mass is 16.3. The zero-order valence-corrected chi connectivity index (χ0v) is 9.92. The molecule has 2 N–H and O–H groups in total. The molecule has 3 rings (SSSR count). The van der Waals surface area contributed by atoms with E-state index in [2.05, 4.69) is 15.3 Å². The number of para-hydroxylation sites is 1. The summed E-state index contributed by atoms with van der Waals surface area (Å²) < 4.78 is 5.75. The molecule has 2 aromatic heterocycles. The molecular weight excluding hydrogens is 230 g/mol. The van der Waals surface area contributed by atoms with Gasteiger partial charge in [-0.1, -0.05) is 12.1 Å². The van der Waals surface area contributed by atoms with E-state index in [4.69, 9.17) is 4.42 Å². The number of nitrogens with zero attached hydrogens (tertiary/aromatic N) is 2. The summed E-state index contributed by atoms with van der Waals surface area (Å²) in [5, 5.41) is 13.3. The maximum Gasteiger partial charge on any atom is 0.196 e. The molecule has 0 saturated carbocycles. The summed E-state index contributed by atoms with van der Waals surface area (Å²) in [6.45, 7) is 2.13. The zero-order chi connectivity index (χ0) is 12.5. The van der Waals surface area contributed by atoms with Crippen molar-refractivity contribution in [1.82, 2.24) is 9.97 Å². The number of fused-ring (bicyclic) bond motifs is 3. The van der Waals surface area contributed by atoms with E-state index in [-0.39, 0.29) is 0 Å².